The van der Waals surface area contributed by atoms with E-state index in [4.69, 9.17) is 16.3 Å². The second-order valence-corrected chi connectivity index (χ2v) is 12.5. The maximum atomic E-state index is 14.1. The van der Waals surface area contributed by atoms with Crippen LogP contribution < -0.4 is 9.80 Å². The minimum atomic E-state index is -4.32. The zero-order valence-electron chi connectivity index (χ0n) is 23.1. The van der Waals surface area contributed by atoms with Crippen molar-refractivity contribution >= 4 is 44.9 Å². The molecule has 15 heteroatoms. The number of sulfonamides is 1. The highest BCUT2D eigenvalue weighted by molar-refractivity contribution is 7.89. The van der Waals surface area contributed by atoms with Crippen LogP contribution in [0.15, 0.2) is 84.0 Å². The zero-order chi connectivity index (χ0) is 31.2. The number of hydrogen-bond donors (Lipinski definition) is 0. The summed E-state index contributed by atoms with van der Waals surface area (Å²) in [4.78, 5) is 36.3. The number of nitro benzene ring substituents is 1. The number of carbonyl (C=O) groups excluding carboxylic acids is 1. The summed E-state index contributed by atoms with van der Waals surface area (Å²) in [6.45, 7) is 0.153. The highest BCUT2D eigenvalue weighted by atomic mass is 35.5. The molecular weight excluding hydrogens is 615 g/mol. The van der Waals surface area contributed by atoms with Gasteiger partial charge in [0.2, 0.25) is 10.0 Å². The summed E-state index contributed by atoms with van der Waals surface area (Å²) >= 11 is 6.05. The third-order valence-electron chi connectivity index (χ3n) is 7.43. The Balaban J connectivity index is 1.48. The molecule has 0 spiro atoms. The first-order valence-electron chi connectivity index (χ1n) is 13.3. The number of fused-ring (bicyclic) bond motifs is 4. The third-order valence-corrected chi connectivity index (χ3v) is 9.59. The molecule has 2 atom stereocenters. The van der Waals surface area contributed by atoms with Gasteiger partial charge in [0.25, 0.3) is 11.6 Å². The molecule has 0 unspecified atom stereocenters. The second-order valence-electron chi connectivity index (χ2n) is 10.3. The van der Waals surface area contributed by atoms with Crippen LogP contribution in [-0.4, -0.2) is 59.8 Å². The van der Waals surface area contributed by atoms with Gasteiger partial charge in [-0.3, -0.25) is 19.8 Å². The lowest BCUT2D eigenvalue weighted by atomic mass is 10.1. The molecule has 0 saturated carbocycles. The van der Waals surface area contributed by atoms with E-state index in [0.29, 0.717) is 17.4 Å². The van der Waals surface area contributed by atoms with Crippen LogP contribution >= 0.6 is 11.6 Å². The summed E-state index contributed by atoms with van der Waals surface area (Å²) in [5.74, 6) is -0.572. The lowest BCUT2D eigenvalue weighted by Gasteiger charge is -2.29. The Morgan fingerprint density at radius 3 is 2.43 bits per heavy atom. The Bertz CT molecular complexity index is 1840. The van der Waals surface area contributed by atoms with Gasteiger partial charge >= 0.3 is 0 Å². The van der Waals surface area contributed by atoms with Crippen LogP contribution in [0, 0.1) is 15.9 Å². The van der Waals surface area contributed by atoms with E-state index in [1.807, 2.05) is 12.1 Å². The van der Waals surface area contributed by atoms with Crippen molar-refractivity contribution in [3.8, 4) is 0 Å². The molecule has 2 aliphatic heterocycles. The molecule has 44 heavy (non-hydrogen) atoms. The summed E-state index contributed by atoms with van der Waals surface area (Å²) in [5.41, 5.74) is 1.04. The van der Waals surface area contributed by atoms with Gasteiger partial charge in [0.05, 0.1) is 28.0 Å². The minimum absolute atomic E-state index is 0.0568. The molecule has 1 fully saturated rings. The van der Waals surface area contributed by atoms with Crippen molar-refractivity contribution in [3.63, 3.8) is 0 Å². The van der Waals surface area contributed by atoms with Gasteiger partial charge in [-0.1, -0.05) is 23.7 Å². The number of nitrogens with zero attached hydrogens (tertiary/aromatic N) is 6. The molecule has 12 nitrogen and oxygen atoms in total. The molecule has 4 aromatic rings. The number of halogens is 2. The normalized spacial score (nSPS) is 18.0. The predicted molar refractivity (Wildman–Crippen MR) is 158 cm³/mol. The van der Waals surface area contributed by atoms with Gasteiger partial charge in [0.1, 0.15) is 23.8 Å². The number of nitro groups is 1. The Morgan fingerprint density at radius 2 is 1.77 bits per heavy atom. The Labute approximate surface area is 256 Å². The quantitative estimate of drug-likeness (QED) is 0.210. The fraction of sp³-hybridized carbons (Fsp3) is 0.207. The first-order valence-corrected chi connectivity index (χ1v) is 15.1. The molecule has 2 aliphatic rings. The monoisotopic (exact) mass is 638 g/mol. The van der Waals surface area contributed by atoms with Gasteiger partial charge in [0, 0.05) is 42.9 Å². The number of non-ortho nitro benzene ring substituents is 1. The van der Waals surface area contributed by atoms with Crippen LogP contribution in [0.2, 0.25) is 5.02 Å². The van der Waals surface area contributed by atoms with Crippen LogP contribution in [0.1, 0.15) is 27.7 Å². The van der Waals surface area contributed by atoms with Crippen LogP contribution in [0.5, 0.6) is 0 Å². The van der Waals surface area contributed by atoms with E-state index in [9.17, 15) is 27.7 Å². The predicted octanol–water partition coefficient (Wildman–Crippen LogP) is 4.56. The van der Waals surface area contributed by atoms with Crippen LogP contribution in [-0.2, 0) is 21.3 Å². The van der Waals surface area contributed by atoms with E-state index >= 15 is 0 Å². The van der Waals surface area contributed by atoms with E-state index in [2.05, 4.69) is 9.97 Å². The summed E-state index contributed by atoms with van der Waals surface area (Å²) < 4.78 is 49.2. The third kappa shape index (κ3) is 5.36. The SMILES string of the molecule is CN(Cc1ccc(Cl)cc1)c1ncnc2c1[C@@H]1OC[C@H](CN2C(=O)c2ccc(F)cc2)N1S(=O)(=O)c1ccc([N+](=O)[O-])cc1. The van der Waals surface area contributed by atoms with Crippen LogP contribution in [0.4, 0.5) is 21.7 Å². The van der Waals surface area contributed by atoms with Crippen molar-refractivity contribution < 1.29 is 27.3 Å². The molecular formula is C29H24ClFN6O6S. The molecule has 0 N–H and O–H groups in total. The second kappa shape index (κ2) is 11.5. The summed E-state index contributed by atoms with van der Waals surface area (Å²) in [6, 6.07) is 15.9. The van der Waals surface area contributed by atoms with Crippen molar-refractivity contribution in [1.82, 2.24) is 14.3 Å². The maximum Gasteiger partial charge on any atom is 0.269 e. The van der Waals surface area contributed by atoms with Gasteiger partial charge in [0.15, 0.2) is 6.23 Å². The molecule has 3 aromatic carbocycles. The number of anilines is 2. The van der Waals surface area contributed by atoms with E-state index in [0.717, 1.165) is 46.3 Å². The first-order chi connectivity index (χ1) is 21.0. The number of ether oxygens (including phenoxy) is 1. The number of benzene rings is 3. The number of hydrogen-bond acceptors (Lipinski definition) is 9. The van der Waals surface area contributed by atoms with Crippen molar-refractivity contribution in [2.75, 3.05) is 30.0 Å². The largest absolute Gasteiger partial charge is 0.356 e. The molecule has 226 valence electrons. The zero-order valence-corrected chi connectivity index (χ0v) is 24.7. The number of carbonyl (C=O) groups is 1. The van der Waals surface area contributed by atoms with Crippen molar-refractivity contribution in [2.24, 2.45) is 0 Å². The lowest BCUT2D eigenvalue weighted by molar-refractivity contribution is -0.384. The van der Waals surface area contributed by atoms with E-state index < -0.39 is 38.9 Å². The lowest BCUT2D eigenvalue weighted by Crippen LogP contribution is -2.45. The van der Waals surface area contributed by atoms with Gasteiger partial charge in [-0.15, -0.1) is 0 Å². The molecule has 1 amide bonds. The fourth-order valence-corrected chi connectivity index (χ4v) is 7.14. The Hall–Kier alpha value is -4.50. The van der Waals surface area contributed by atoms with Crippen LogP contribution in [0.3, 0.4) is 0 Å². The van der Waals surface area contributed by atoms with E-state index in [1.54, 1.807) is 24.1 Å². The minimum Gasteiger partial charge on any atom is -0.356 e. The fourth-order valence-electron chi connectivity index (χ4n) is 5.35. The molecule has 2 bridgehead atoms. The highest BCUT2D eigenvalue weighted by Crippen LogP contribution is 2.46. The smallest absolute Gasteiger partial charge is 0.269 e. The van der Waals surface area contributed by atoms with E-state index in [-0.39, 0.29) is 40.7 Å². The van der Waals surface area contributed by atoms with Gasteiger partial charge in [-0.25, -0.2) is 22.8 Å². The topological polar surface area (TPSA) is 139 Å². The first kappa shape index (κ1) is 29.6. The molecule has 1 aromatic heterocycles. The standard InChI is InChI=1S/C29H24ClFN6O6S/c1-34(14-18-2-6-20(30)7-3-18)26-25-27(33-17-32-26)35(28(38)19-4-8-21(31)9-5-19)15-23-16-43-29(25)36(23)44(41,42)24-12-10-22(11-13-24)37(39)40/h2-13,17,23,29H,14-16H2,1H3/t23-,29-/m0/s1. The average Bonchev–Trinajstić information content (AvgIpc) is 3.38. The van der Waals surface area contributed by atoms with Crippen LogP contribution in [0.25, 0.3) is 0 Å². The maximum absolute atomic E-state index is 14.1. The summed E-state index contributed by atoms with van der Waals surface area (Å²) in [7, 11) is -2.56. The van der Waals surface area contributed by atoms with Crippen molar-refractivity contribution in [2.45, 2.75) is 23.7 Å². The van der Waals surface area contributed by atoms with Crippen molar-refractivity contribution in [3.05, 3.63) is 117 Å². The Morgan fingerprint density at radius 1 is 1.09 bits per heavy atom. The highest BCUT2D eigenvalue weighted by Gasteiger charge is 2.51. The number of amides is 1. The number of aromatic nitrogens is 2. The number of rotatable bonds is 7. The van der Waals surface area contributed by atoms with Gasteiger partial charge in [-0.05, 0) is 54.1 Å². The van der Waals surface area contributed by atoms with E-state index in [1.165, 1.54) is 23.4 Å². The molecule has 1 saturated heterocycles. The van der Waals surface area contributed by atoms with Gasteiger partial charge < -0.3 is 9.64 Å². The average molecular weight is 639 g/mol. The molecule has 0 aliphatic carbocycles. The molecule has 0 radical (unpaired) electrons. The summed E-state index contributed by atoms with van der Waals surface area (Å²) in [5, 5.41) is 11.8. The molecule has 3 heterocycles. The molecule has 6 rings (SSSR count). The van der Waals surface area contributed by atoms with Gasteiger partial charge in [-0.2, -0.15) is 4.31 Å². The summed E-state index contributed by atoms with van der Waals surface area (Å²) in [6.07, 6.45) is 0.0520. The Kier molecular flexibility index (Phi) is 7.75. The van der Waals surface area contributed by atoms with Crippen molar-refractivity contribution in [1.29, 1.82) is 0 Å².